The molecule has 0 spiro atoms. The van der Waals surface area contributed by atoms with Crippen LogP contribution in [0.25, 0.3) is 5.95 Å². The van der Waals surface area contributed by atoms with Crippen molar-refractivity contribution < 1.29 is 4.79 Å². The Morgan fingerprint density at radius 2 is 1.48 bits per heavy atom. The molecule has 160 valence electrons. The van der Waals surface area contributed by atoms with Gasteiger partial charge in [-0.3, -0.25) is 4.79 Å². The van der Waals surface area contributed by atoms with E-state index in [0.29, 0.717) is 24.2 Å². The van der Waals surface area contributed by atoms with Gasteiger partial charge in [-0.25, -0.2) is 14.6 Å². The topological polar surface area (TPSA) is 63.9 Å². The van der Waals surface area contributed by atoms with Gasteiger partial charge >= 0.3 is 0 Å². The summed E-state index contributed by atoms with van der Waals surface area (Å²) >= 11 is 0. The standard InChI is InChI=1S/C23H37N5O/c1-15(2)9-11-27(12-10-16(3)4)22(29)14-21-19(7)26-28(20(21)8)23-24-17(5)13-18(6)25-23/h13,15-16H,9-12,14H2,1-8H3. The lowest BCUT2D eigenvalue weighted by molar-refractivity contribution is -0.130. The SMILES string of the molecule is Cc1cc(C)nc(-n2nc(C)c(CC(=O)N(CCC(C)C)CCC(C)C)c2C)n1. The van der Waals surface area contributed by atoms with E-state index in [0.717, 1.165) is 54.3 Å². The quantitative estimate of drug-likeness (QED) is 0.628. The number of carbonyl (C=O) groups excluding carboxylic acids is 1. The smallest absolute Gasteiger partial charge is 0.251 e. The maximum absolute atomic E-state index is 13.2. The summed E-state index contributed by atoms with van der Waals surface area (Å²) in [5, 5.41) is 4.64. The van der Waals surface area contributed by atoms with Crippen LogP contribution in [0.5, 0.6) is 0 Å². The van der Waals surface area contributed by atoms with Crippen LogP contribution in [0.3, 0.4) is 0 Å². The largest absolute Gasteiger partial charge is 0.342 e. The minimum atomic E-state index is 0.179. The molecule has 29 heavy (non-hydrogen) atoms. The van der Waals surface area contributed by atoms with Gasteiger partial charge in [-0.2, -0.15) is 5.10 Å². The van der Waals surface area contributed by atoms with Crippen molar-refractivity contribution in [2.45, 2.75) is 74.7 Å². The molecule has 0 aromatic carbocycles. The zero-order chi connectivity index (χ0) is 21.7. The summed E-state index contributed by atoms with van der Waals surface area (Å²) < 4.78 is 1.77. The van der Waals surface area contributed by atoms with Crippen molar-refractivity contribution in [3.63, 3.8) is 0 Å². The minimum Gasteiger partial charge on any atom is -0.342 e. The Kier molecular flexibility index (Phi) is 7.94. The lowest BCUT2D eigenvalue weighted by Crippen LogP contribution is -2.35. The monoisotopic (exact) mass is 399 g/mol. The van der Waals surface area contributed by atoms with Crippen LogP contribution in [-0.2, 0) is 11.2 Å². The average molecular weight is 400 g/mol. The minimum absolute atomic E-state index is 0.179. The van der Waals surface area contributed by atoms with Crippen molar-refractivity contribution in [1.29, 1.82) is 0 Å². The van der Waals surface area contributed by atoms with Gasteiger partial charge in [-0.15, -0.1) is 0 Å². The van der Waals surface area contributed by atoms with Crippen molar-refractivity contribution >= 4 is 5.91 Å². The van der Waals surface area contributed by atoms with Gasteiger partial charge in [0.15, 0.2) is 0 Å². The molecule has 0 bridgehead atoms. The van der Waals surface area contributed by atoms with Crippen LogP contribution >= 0.6 is 0 Å². The zero-order valence-electron chi connectivity index (χ0n) is 19.4. The van der Waals surface area contributed by atoms with Crippen LogP contribution in [0, 0.1) is 39.5 Å². The summed E-state index contributed by atoms with van der Waals surface area (Å²) in [7, 11) is 0. The summed E-state index contributed by atoms with van der Waals surface area (Å²) in [5.41, 5.74) is 4.61. The Balaban J connectivity index is 2.24. The molecule has 2 aromatic rings. The Bertz CT molecular complexity index is 806. The second kappa shape index (κ2) is 9.99. The molecular weight excluding hydrogens is 362 g/mol. The molecule has 6 nitrogen and oxygen atoms in total. The molecule has 0 unspecified atom stereocenters. The molecule has 6 heteroatoms. The summed E-state index contributed by atoms with van der Waals surface area (Å²) in [6, 6.07) is 1.95. The molecule has 0 radical (unpaired) electrons. The van der Waals surface area contributed by atoms with Crippen LogP contribution in [0.4, 0.5) is 0 Å². The fourth-order valence-electron chi connectivity index (χ4n) is 3.38. The summed E-state index contributed by atoms with van der Waals surface area (Å²) in [6.45, 7) is 18.3. The predicted molar refractivity (Wildman–Crippen MR) is 117 cm³/mol. The summed E-state index contributed by atoms with van der Waals surface area (Å²) in [5.74, 6) is 1.91. The third-order valence-electron chi connectivity index (χ3n) is 5.23. The molecule has 2 heterocycles. The highest BCUT2D eigenvalue weighted by atomic mass is 16.2. The van der Waals surface area contributed by atoms with Crippen LogP contribution in [0.15, 0.2) is 6.07 Å². The first-order valence-corrected chi connectivity index (χ1v) is 10.7. The van der Waals surface area contributed by atoms with E-state index in [1.165, 1.54) is 0 Å². The molecule has 0 aliphatic carbocycles. The van der Waals surface area contributed by atoms with Gasteiger partial charge in [-0.1, -0.05) is 27.7 Å². The van der Waals surface area contributed by atoms with Gasteiger partial charge in [0.2, 0.25) is 5.91 Å². The van der Waals surface area contributed by atoms with E-state index in [2.05, 4.69) is 42.8 Å². The van der Waals surface area contributed by atoms with Gasteiger partial charge in [0.25, 0.3) is 5.95 Å². The Morgan fingerprint density at radius 1 is 0.966 bits per heavy atom. The molecule has 2 aromatic heterocycles. The van der Waals surface area contributed by atoms with Crippen molar-refractivity contribution in [1.82, 2.24) is 24.6 Å². The van der Waals surface area contributed by atoms with Crippen LogP contribution < -0.4 is 0 Å². The number of rotatable bonds is 9. The number of amides is 1. The lowest BCUT2D eigenvalue weighted by Gasteiger charge is -2.24. The molecule has 0 atom stereocenters. The van der Waals surface area contributed by atoms with Crippen molar-refractivity contribution in [3.05, 3.63) is 34.4 Å². The number of carbonyl (C=O) groups is 1. The molecule has 0 fully saturated rings. The number of hydrogen-bond acceptors (Lipinski definition) is 4. The van der Waals surface area contributed by atoms with Crippen LogP contribution in [-0.4, -0.2) is 43.6 Å². The summed E-state index contributed by atoms with van der Waals surface area (Å²) in [6.07, 6.45) is 2.42. The fraction of sp³-hybridized carbons (Fsp3) is 0.652. The molecule has 0 N–H and O–H groups in total. The van der Waals surface area contributed by atoms with E-state index >= 15 is 0 Å². The van der Waals surface area contributed by atoms with Gasteiger partial charge in [0.1, 0.15) is 0 Å². The normalized spacial score (nSPS) is 11.5. The molecule has 0 saturated heterocycles. The highest BCUT2D eigenvalue weighted by molar-refractivity contribution is 5.79. The van der Waals surface area contributed by atoms with E-state index in [-0.39, 0.29) is 5.91 Å². The zero-order valence-corrected chi connectivity index (χ0v) is 19.4. The van der Waals surface area contributed by atoms with Gasteiger partial charge in [-0.05, 0) is 58.4 Å². The molecule has 0 saturated carbocycles. The maximum atomic E-state index is 13.2. The number of nitrogens with zero attached hydrogens (tertiary/aromatic N) is 5. The highest BCUT2D eigenvalue weighted by Crippen LogP contribution is 2.19. The van der Waals surface area contributed by atoms with E-state index in [1.54, 1.807) is 4.68 Å². The van der Waals surface area contributed by atoms with Gasteiger partial charge in [0, 0.05) is 35.7 Å². The first-order valence-electron chi connectivity index (χ1n) is 10.7. The molecule has 1 amide bonds. The molecule has 0 aliphatic rings. The van der Waals surface area contributed by atoms with Crippen molar-refractivity contribution in [2.75, 3.05) is 13.1 Å². The van der Waals surface area contributed by atoms with Crippen LogP contribution in [0.1, 0.15) is 68.9 Å². The van der Waals surface area contributed by atoms with E-state index in [4.69, 9.17) is 0 Å². The van der Waals surface area contributed by atoms with E-state index < -0.39 is 0 Å². The molecule has 0 aliphatic heterocycles. The Labute approximate surface area is 175 Å². The first kappa shape index (κ1) is 23.0. The van der Waals surface area contributed by atoms with E-state index in [1.807, 2.05) is 38.7 Å². The van der Waals surface area contributed by atoms with Crippen LogP contribution in [0.2, 0.25) is 0 Å². The van der Waals surface area contributed by atoms with Gasteiger partial charge in [0.05, 0.1) is 12.1 Å². The highest BCUT2D eigenvalue weighted by Gasteiger charge is 2.21. The second-order valence-corrected chi connectivity index (χ2v) is 8.93. The van der Waals surface area contributed by atoms with Gasteiger partial charge < -0.3 is 4.90 Å². The number of aromatic nitrogens is 4. The Morgan fingerprint density at radius 3 is 1.97 bits per heavy atom. The third kappa shape index (κ3) is 6.38. The third-order valence-corrected chi connectivity index (χ3v) is 5.23. The fourth-order valence-corrected chi connectivity index (χ4v) is 3.38. The lowest BCUT2D eigenvalue weighted by atomic mass is 10.1. The Hall–Kier alpha value is -2.24. The maximum Gasteiger partial charge on any atom is 0.251 e. The van der Waals surface area contributed by atoms with Crippen molar-refractivity contribution in [3.8, 4) is 5.95 Å². The first-order chi connectivity index (χ1) is 13.6. The predicted octanol–water partition coefficient (Wildman–Crippen LogP) is 4.36. The second-order valence-electron chi connectivity index (χ2n) is 8.93. The number of aryl methyl sites for hydroxylation is 3. The molecule has 2 rings (SSSR count). The van der Waals surface area contributed by atoms with Crippen molar-refractivity contribution in [2.24, 2.45) is 11.8 Å². The molecular formula is C23H37N5O. The average Bonchev–Trinajstić information content (AvgIpc) is 2.88. The van der Waals surface area contributed by atoms with E-state index in [9.17, 15) is 4.79 Å². The number of hydrogen-bond donors (Lipinski definition) is 0. The summed E-state index contributed by atoms with van der Waals surface area (Å²) in [4.78, 5) is 24.2.